The Morgan fingerprint density at radius 2 is 1.48 bits per heavy atom. The molecule has 0 saturated carbocycles. The van der Waals surface area contributed by atoms with E-state index in [1.165, 1.54) is 24.3 Å². The second-order valence-corrected chi connectivity index (χ2v) is 7.61. The van der Waals surface area contributed by atoms with Crippen molar-refractivity contribution < 1.29 is 17.9 Å². The van der Waals surface area contributed by atoms with Gasteiger partial charge in [0.1, 0.15) is 5.75 Å². The number of ether oxygens (including phenoxy) is 1. The molecule has 0 radical (unpaired) electrons. The van der Waals surface area contributed by atoms with Crippen LogP contribution in [0.15, 0.2) is 77.7 Å². The average Bonchev–Trinajstić information content (AvgIpc) is 2.65. The van der Waals surface area contributed by atoms with Gasteiger partial charge in [0.25, 0.3) is 10.0 Å². The van der Waals surface area contributed by atoms with Crippen molar-refractivity contribution in [3.05, 3.63) is 83.4 Å². The minimum atomic E-state index is -3.90. The van der Waals surface area contributed by atoms with Gasteiger partial charge < -0.3 is 10.5 Å². The van der Waals surface area contributed by atoms with Gasteiger partial charge in [-0.3, -0.25) is 9.52 Å². The predicted molar refractivity (Wildman–Crippen MR) is 104 cm³/mol. The Hall–Kier alpha value is -3.03. The molecule has 1 amide bonds. The van der Waals surface area contributed by atoms with E-state index in [4.69, 9.17) is 22.1 Å². The zero-order chi connectivity index (χ0) is 19.4. The van der Waals surface area contributed by atoms with Crippen molar-refractivity contribution in [1.82, 2.24) is 0 Å². The number of halogens is 1. The average molecular weight is 403 g/mol. The molecule has 0 fully saturated rings. The summed E-state index contributed by atoms with van der Waals surface area (Å²) < 4.78 is 33.5. The van der Waals surface area contributed by atoms with E-state index in [9.17, 15) is 13.2 Å². The van der Waals surface area contributed by atoms with Crippen molar-refractivity contribution in [3.8, 4) is 11.5 Å². The van der Waals surface area contributed by atoms with Crippen molar-refractivity contribution in [3.63, 3.8) is 0 Å². The summed E-state index contributed by atoms with van der Waals surface area (Å²) in [6.45, 7) is 0. The van der Waals surface area contributed by atoms with E-state index in [0.717, 1.165) is 0 Å². The highest BCUT2D eigenvalue weighted by Crippen LogP contribution is 2.34. The molecule has 0 bridgehead atoms. The topological polar surface area (TPSA) is 98.5 Å². The van der Waals surface area contributed by atoms with Crippen LogP contribution in [0.3, 0.4) is 0 Å². The number of primary amides is 1. The van der Waals surface area contributed by atoms with Crippen LogP contribution in [-0.4, -0.2) is 14.3 Å². The van der Waals surface area contributed by atoms with E-state index in [2.05, 4.69) is 4.72 Å². The molecule has 3 rings (SSSR count). The van der Waals surface area contributed by atoms with Crippen LogP contribution in [0.1, 0.15) is 10.4 Å². The fraction of sp³-hybridized carbons (Fsp3) is 0. The summed E-state index contributed by atoms with van der Waals surface area (Å²) in [7, 11) is -3.90. The van der Waals surface area contributed by atoms with Gasteiger partial charge in [0.05, 0.1) is 15.6 Å². The number of hydrogen-bond donors (Lipinski definition) is 2. The molecule has 138 valence electrons. The Bertz CT molecular complexity index is 1080. The second-order valence-electron chi connectivity index (χ2n) is 5.52. The Morgan fingerprint density at radius 1 is 0.889 bits per heavy atom. The highest BCUT2D eigenvalue weighted by molar-refractivity contribution is 7.92. The lowest BCUT2D eigenvalue weighted by Gasteiger charge is -2.14. The van der Waals surface area contributed by atoms with Crippen LogP contribution in [0, 0.1) is 0 Å². The normalized spacial score (nSPS) is 11.0. The number of para-hydroxylation sites is 3. The highest BCUT2D eigenvalue weighted by atomic mass is 35.5. The number of hydrogen-bond acceptors (Lipinski definition) is 4. The van der Waals surface area contributed by atoms with E-state index >= 15 is 0 Å². The zero-order valence-corrected chi connectivity index (χ0v) is 15.5. The van der Waals surface area contributed by atoms with Gasteiger partial charge in [-0.15, -0.1) is 0 Å². The summed E-state index contributed by atoms with van der Waals surface area (Å²) in [5, 5.41) is 0.400. The van der Waals surface area contributed by atoms with Gasteiger partial charge in [-0.1, -0.05) is 35.9 Å². The summed E-state index contributed by atoms with van der Waals surface area (Å²) in [6.07, 6.45) is 0. The number of nitrogens with one attached hydrogen (secondary N) is 1. The van der Waals surface area contributed by atoms with Crippen molar-refractivity contribution in [1.29, 1.82) is 0 Å². The molecular formula is C19H15ClN2O4S. The molecule has 3 aromatic carbocycles. The first-order valence-corrected chi connectivity index (χ1v) is 9.67. The minimum Gasteiger partial charge on any atom is -0.454 e. The van der Waals surface area contributed by atoms with Gasteiger partial charge in [-0.2, -0.15) is 0 Å². The monoisotopic (exact) mass is 402 g/mol. The Kier molecular flexibility index (Phi) is 5.34. The fourth-order valence-electron chi connectivity index (χ4n) is 2.29. The molecule has 0 aliphatic heterocycles. The number of anilines is 1. The summed E-state index contributed by atoms with van der Waals surface area (Å²) >= 11 is 6.09. The van der Waals surface area contributed by atoms with Crippen LogP contribution in [0.2, 0.25) is 5.02 Å². The third-order valence-corrected chi connectivity index (χ3v) is 5.33. The van der Waals surface area contributed by atoms with Crippen molar-refractivity contribution in [2.24, 2.45) is 5.73 Å². The molecule has 6 nitrogen and oxygen atoms in total. The van der Waals surface area contributed by atoms with Crippen molar-refractivity contribution in [2.75, 3.05) is 4.72 Å². The number of benzene rings is 3. The van der Waals surface area contributed by atoms with E-state index in [-0.39, 0.29) is 16.1 Å². The first kappa shape index (κ1) is 18.8. The van der Waals surface area contributed by atoms with Crippen LogP contribution < -0.4 is 15.2 Å². The Labute approximate surface area is 161 Å². The Balaban J connectivity index is 1.89. The lowest BCUT2D eigenvalue weighted by molar-refractivity contribution is 0.1000. The number of nitrogens with two attached hydrogens (primary N) is 1. The van der Waals surface area contributed by atoms with Crippen molar-refractivity contribution in [2.45, 2.75) is 4.90 Å². The quantitative estimate of drug-likeness (QED) is 0.650. The smallest absolute Gasteiger partial charge is 0.262 e. The molecule has 0 heterocycles. The number of carbonyl (C=O) groups is 1. The van der Waals surface area contributed by atoms with Gasteiger partial charge in [0.2, 0.25) is 5.91 Å². The largest absolute Gasteiger partial charge is 0.454 e. The summed E-state index contributed by atoms with van der Waals surface area (Å²) in [4.78, 5) is 11.1. The molecule has 0 aromatic heterocycles. The van der Waals surface area contributed by atoms with Crippen LogP contribution in [-0.2, 0) is 10.0 Å². The zero-order valence-electron chi connectivity index (χ0n) is 13.9. The molecule has 3 aromatic rings. The van der Waals surface area contributed by atoms with Gasteiger partial charge in [0, 0.05) is 5.56 Å². The van der Waals surface area contributed by atoms with E-state index < -0.39 is 15.9 Å². The lowest BCUT2D eigenvalue weighted by atomic mass is 10.2. The fourth-order valence-corrected chi connectivity index (χ4v) is 3.53. The van der Waals surface area contributed by atoms with Gasteiger partial charge in [0.15, 0.2) is 5.75 Å². The standard InChI is InChI=1S/C19H15ClN2O4S/c20-15-5-1-3-7-17(15)26-18-8-4-2-6-16(18)22-27(24,25)14-11-9-13(10-12-14)19(21)23/h1-12,22H,(H2,21,23). The van der Waals surface area contributed by atoms with E-state index in [1.54, 1.807) is 48.5 Å². The molecule has 0 spiro atoms. The third-order valence-electron chi connectivity index (χ3n) is 3.64. The van der Waals surface area contributed by atoms with Crippen molar-refractivity contribution >= 4 is 33.2 Å². The Morgan fingerprint density at radius 3 is 2.11 bits per heavy atom. The molecule has 3 N–H and O–H groups in total. The van der Waals surface area contributed by atoms with Gasteiger partial charge >= 0.3 is 0 Å². The van der Waals surface area contributed by atoms with Crippen LogP contribution in [0.25, 0.3) is 0 Å². The first-order chi connectivity index (χ1) is 12.9. The lowest BCUT2D eigenvalue weighted by Crippen LogP contribution is -2.15. The summed E-state index contributed by atoms with van der Waals surface area (Å²) in [5.74, 6) is 0.0601. The maximum Gasteiger partial charge on any atom is 0.262 e. The van der Waals surface area contributed by atoms with Crippen LogP contribution in [0.5, 0.6) is 11.5 Å². The molecule has 0 saturated heterocycles. The number of rotatable bonds is 6. The second kappa shape index (κ2) is 7.69. The van der Waals surface area contributed by atoms with Gasteiger partial charge in [-0.25, -0.2) is 8.42 Å². The molecule has 0 atom stereocenters. The summed E-state index contributed by atoms with van der Waals surface area (Å²) in [6, 6.07) is 18.8. The molecule has 0 aliphatic carbocycles. The van der Waals surface area contributed by atoms with Crippen LogP contribution in [0.4, 0.5) is 5.69 Å². The third kappa shape index (κ3) is 4.39. The molecule has 0 aliphatic rings. The molecule has 27 heavy (non-hydrogen) atoms. The maximum absolute atomic E-state index is 12.6. The highest BCUT2D eigenvalue weighted by Gasteiger charge is 2.17. The van der Waals surface area contributed by atoms with Gasteiger partial charge in [-0.05, 0) is 48.5 Å². The van der Waals surface area contributed by atoms with E-state index in [1.807, 2.05) is 0 Å². The first-order valence-electron chi connectivity index (χ1n) is 7.81. The SMILES string of the molecule is NC(=O)c1ccc(S(=O)(=O)Nc2ccccc2Oc2ccccc2Cl)cc1. The van der Waals surface area contributed by atoms with E-state index in [0.29, 0.717) is 16.5 Å². The van der Waals surface area contributed by atoms with Crippen LogP contribution >= 0.6 is 11.6 Å². The number of sulfonamides is 1. The maximum atomic E-state index is 12.6. The molecule has 0 unspecified atom stereocenters. The molecule has 8 heteroatoms. The predicted octanol–water partition coefficient (Wildman–Crippen LogP) is 4.03. The number of carbonyl (C=O) groups excluding carboxylic acids is 1. The number of amides is 1. The minimum absolute atomic E-state index is 0.0138. The summed E-state index contributed by atoms with van der Waals surface area (Å²) in [5.41, 5.74) is 5.64. The molecular weight excluding hydrogens is 388 g/mol.